The number of carbonyl (C=O) groups excluding carboxylic acids is 1. The largest absolute Gasteiger partial charge is 0.487 e. The predicted octanol–water partition coefficient (Wildman–Crippen LogP) is 7.03. The lowest BCUT2D eigenvalue weighted by Crippen LogP contribution is -2.52. The van der Waals surface area contributed by atoms with Crippen LogP contribution in [0.3, 0.4) is 0 Å². The van der Waals surface area contributed by atoms with E-state index in [9.17, 15) is 18.0 Å². The maximum atomic E-state index is 12.4. The predicted molar refractivity (Wildman–Crippen MR) is 135 cm³/mol. The number of thioether (sulfide) groups is 1. The first-order valence-corrected chi connectivity index (χ1v) is 13.5. The Morgan fingerprint density at radius 2 is 1.89 bits per heavy atom. The summed E-state index contributed by atoms with van der Waals surface area (Å²) in [6.45, 7) is 6.85. The fourth-order valence-corrected chi connectivity index (χ4v) is 5.44. The number of alkyl halides is 3. The molecular weight excluding hydrogens is 489 g/mol. The van der Waals surface area contributed by atoms with Crippen LogP contribution in [-0.2, 0) is 16.9 Å². The molecule has 5 nitrogen and oxygen atoms in total. The molecule has 0 radical (unpaired) electrons. The average Bonchev–Trinajstić information content (AvgIpc) is 2.81. The van der Waals surface area contributed by atoms with E-state index >= 15 is 0 Å². The summed E-state index contributed by atoms with van der Waals surface area (Å²) in [6.07, 6.45) is -0.0757. The highest BCUT2D eigenvalue weighted by Gasteiger charge is 2.41. The zero-order chi connectivity index (χ0) is 26.0. The van der Waals surface area contributed by atoms with E-state index < -0.39 is 18.2 Å². The number of rotatable bonds is 5. The molecule has 196 valence electrons. The summed E-state index contributed by atoms with van der Waals surface area (Å²) in [5.41, 5.74) is 3.11. The molecule has 1 saturated heterocycles. The normalized spacial score (nSPS) is 17.4. The van der Waals surface area contributed by atoms with Crippen molar-refractivity contribution in [1.82, 2.24) is 9.88 Å². The van der Waals surface area contributed by atoms with Crippen LogP contribution in [0, 0.1) is 0 Å². The lowest BCUT2D eigenvalue weighted by molar-refractivity contribution is -0.129. The summed E-state index contributed by atoms with van der Waals surface area (Å²) in [6, 6.07) is 9.94. The minimum atomic E-state index is -4.11. The van der Waals surface area contributed by atoms with E-state index in [4.69, 9.17) is 9.47 Å². The molecule has 2 aliphatic heterocycles. The SMILES string of the molecule is CC(C)(C)OC(=O)N1CCC2(CCc3cc(-c4ccc(CSCCC(F)(F)F)cn4)ccc3O2)CC1. The van der Waals surface area contributed by atoms with Gasteiger partial charge >= 0.3 is 12.3 Å². The van der Waals surface area contributed by atoms with Gasteiger partial charge in [-0.25, -0.2) is 4.79 Å². The van der Waals surface area contributed by atoms with E-state index in [-0.39, 0.29) is 17.4 Å². The second-order valence-electron chi connectivity index (χ2n) is 10.5. The number of hydrogen-bond donors (Lipinski definition) is 0. The van der Waals surface area contributed by atoms with Gasteiger partial charge in [-0.2, -0.15) is 24.9 Å². The van der Waals surface area contributed by atoms with Gasteiger partial charge < -0.3 is 14.4 Å². The van der Waals surface area contributed by atoms with Crippen molar-refractivity contribution in [3.8, 4) is 17.0 Å². The third kappa shape index (κ3) is 7.08. The second-order valence-corrected chi connectivity index (χ2v) is 11.6. The molecule has 0 aliphatic carbocycles. The number of carbonyl (C=O) groups is 1. The molecule has 0 unspecified atom stereocenters. The van der Waals surface area contributed by atoms with E-state index in [0.717, 1.165) is 53.8 Å². The van der Waals surface area contributed by atoms with Crippen molar-refractivity contribution in [2.24, 2.45) is 0 Å². The molecule has 3 heterocycles. The summed E-state index contributed by atoms with van der Waals surface area (Å²) in [4.78, 5) is 18.7. The Balaban J connectivity index is 1.33. The minimum absolute atomic E-state index is 0.0522. The summed E-state index contributed by atoms with van der Waals surface area (Å²) in [5, 5.41) is 0. The van der Waals surface area contributed by atoms with Crippen LogP contribution in [0.2, 0.25) is 0 Å². The minimum Gasteiger partial charge on any atom is -0.487 e. The molecule has 1 aromatic carbocycles. The van der Waals surface area contributed by atoms with Crippen LogP contribution in [0.4, 0.5) is 18.0 Å². The van der Waals surface area contributed by atoms with Gasteiger partial charge in [0.2, 0.25) is 0 Å². The highest BCUT2D eigenvalue weighted by molar-refractivity contribution is 7.98. The number of benzene rings is 1. The lowest BCUT2D eigenvalue weighted by atomic mass is 9.83. The third-order valence-electron chi connectivity index (χ3n) is 6.48. The van der Waals surface area contributed by atoms with Crippen LogP contribution in [0.15, 0.2) is 36.5 Å². The molecule has 0 bridgehead atoms. The molecule has 2 aromatic rings. The molecule has 1 aromatic heterocycles. The summed E-state index contributed by atoms with van der Waals surface area (Å²) >= 11 is 1.26. The van der Waals surface area contributed by atoms with E-state index in [0.29, 0.717) is 18.8 Å². The van der Waals surface area contributed by atoms with Gasteiger partial charge in [0.05, 0.1) is 12.1 Å². The Hall–Kier alpha value is -2.42. The lowest BCUT2D eigenvalue weighted by Gasteiger charge is -2.44. The Bertz CT molecular complexity index is 1060. The topological polar surface area (TPSA) is 51.7 Å². The second kappa shape index (κ2) is 10.5. The van der Waals surface area contributed by atoms with Crippen molar-refractivity contribution in [3.05, 3.63) is 47.7 Å². The molecule has 0 N–H and O–H groups in total. The van der Waals surface area contributed by atoms with Crippen molar-refractivity contribution in [1.29, 1.82) is 0 Å². The van der Waals surface area contributed by atoms with Crippen molar-refractivity contribution in [2.45, 2.75) is 76.0 Å². The fourth-order valence-electron chi connectivity index (χ4n) is 4.51. The maximum Gasteiger partial charge on any atom is 0.410 e. The number of nitrogens with zero attached hydrogens (tertiary/aromatic N) is 2. The van der Waals surface area contributed by atoms with Gasteiger partial charge in [-0.05, 0) is 69.0 Å². The Labute approximate surface area is 214 Å². The molecule has 1 fully saturated rings. The third-order valence-corrected chi connectivity index (χ3v) is 7.51. The number of hydrogen-bond acceptors (Lipinski definition) is 5. The highest BCUT2D eigenvalue weighted by Crippen LogP contribution is 2.41. The first-order chi connectivity index (χ1) is 16.9. The van der Waals surface area contributed by atoms with Crippen molar-refractivity contribution < 1.29 is 27.4 Å². The van der Waals surface area contributed by atoms with Crippen LogP contribution in [0.25, 0.3) is 11.3 Å². The molecular formula is C27H33F3N2O3S. The standard InChI is InChI=1S/C27H33F3N2O3S/c1-25(2,3)35-24(33)32-13-10-26(11-14-32)9-8-21-16-20(5-7-23(21)34-26)22-6-4-19(17-31-22)18-36-15-12-27(28,29)30/h4-7,16-17H,8-15,18H2,1-3H3. The number of aromatic nitrogens is 1. The van der Waals surface area contributed by atoms with E-state index in [2.05, 4.69) is 11.1 Å². The smallest absolute Gasteiger partial charge is 0.410 e. The van der Waals surface area contributed by atoms with Crippen LogP contribution < -0.4 is 4.74 Å². The number of aryl methyl sites for hydroxylation is 1. The first kappa shape index (κ1) is 26.6. The zero-order valence-electron chi connectivity index (χ0n) is 21.0. The summed E-state index contributed by atoms with van der Waals surface area (Å²) in [7, 11) is 0. The van der Waals surface area contributed by atoms with Crippen LogP contribution >= 0.6 is 11.8 Å². The van der Waals surface area contributed by atoms with Crippen molar-refractivity contribution in [3.63, 3.8) is 0 Å². The number of likely N-dealkylation sites (tertiary alicyclic amines) is 1. The molecule has 1 amide bonds. The fraction of sp³-hybridized carbons (Fsp3) is 0.556. The van der Waals surface area contributed by atoms with Gasteiger partial charge in [0.1, 0.15) is 17.0 Å². The quantitative estimate of drug-likeness (QED) is 0.395. The van der Waals surface area contributed by atoms with Crippen molar-refractivity contribution >= 4 is 17.9 Å². The van der Waals surface area contributed by atoms with Crippen LogP contribution in [0.5, 0.6) is 5.75 Å². The van der Waals surface area contributed by atoms with E-state index in [1.807, 2.05) is 45.0 Å². The molecule has 9 heteroatoms. The van der Waals surface area contributed by atoms with Gasteiger partial charge in [0, 0.05) is 49.2 Å². The zero-order valence-corrected chi connectivity index (χ0v) is 21.8. The van der Waals surface area contributed by atoms with Gasteiger partial charge in [-0.15, -0.1) is 0 Å². The molecule has 0 atom stereocenters. The van der Waals surface area contributed by atoms with E-state index in [1.54, 1.807) is 11.1 Å². The maximum absolute atomic E-state index is 12.4. The first-order valence-electron chi connectivity index (χ1n) is 12.3. The number of ether oxygens (including phenoxy) is 2. The Kier molecular flexibility index (Phi) is 7.78. The number of fused-ring (bicyclic) bond motifs is 1. The Morgan fingerprint density at radius 1 is 1.14 bits per heavy atom. The number of halogens is 3. The molecule has 1 spiro atoms. The molecule has 4 rings (SSSR count). The van der Waals surface area contributed by atoms with Gasteiger partial charge in [-0.3, -0.25) is 4.98 Å². The van der Waals surface area contributed by atoms with Gasteiger partial charge in [0.15, 0.2) is 0 Å². The highest BCUT2D eigenvalue weighted by atomic mass is 32.2. The molecule has 0 saturated carbocycles. The summed E-state index contributed by atoms with van der Waals surface area (Å²) in [5.74, 6) is 1.44. The number of pyridine rings is 1. The van der Waals surface area contributed by atoms with Gasteiger partial charge in [-0.1, -0.05) is 6.07 Å². The van der Waals surface area contributed by atoms with Gasteiger partial charge in [0.25, 0.3) is 0 Å². The molecule has 36 heavy (non-hydrogen) atoms. The van der Waals surface area contributed by atoms with Crippen LogP contribution in [-0.4, -0.2) is 52.2 Å². The monoisotopic (exact) mass is 522 g/mol. The molecule has 2 aliphatic rings. The van der Waals surface area contributed by atoms with Crippen molar-refractivity contribution in [2.75, 3.05) is 18.8 Å². The number of amides is 1. The van der Waals surface area contributed by atoms with Crippen LogP contribution in [0.1, 0.15) is 57.6 Å². The Morgan fingerprint density at radius 3 is 2.53 bits per heavy atom. The summed E-state index contributed by atoms with van der Waals surface area (Å²) < 4.78 is 48.9. The van der Waals surface area contributed by atoms with E-state index in [1.165, 1.54) is 11.8 Å². The average molecular weight is 523 g/mol. The number of piperidine rings is 1.